The number of nitriles is 1. The smallest absolute Gasteiger partial charge is 0.162 e. The van der Waals surface area contributed by atoms with E-state index in [2.05, 4.69) is 16.0 Å². The number of aromatic amines is 1. The predicted molar refractivity (Wildman–Crippen MR) is 113 cm³/mol. The summed E-state index contributed by atoms with van der Waals surface area (Å²) in [4.78, 5) is 7.38. The summed E-state index contributed by atoms with van der Waals surface area (Å²) in [5.74, 6) is 1.18. The number of benzene rings is 3. The summed E-state index contributed by atoms with van der Waals surface area (Å²) in [5.41, 5.74) is 3.24. The third-order valence-corrected chi connectivity index (χ3v) is 4.56. The minimum atomic E-state index is -0.365. The molecule has 0 atom stereocenters. The number of methoxy groups -OCH3 is 1. The van der Waals surface area contributed by atoms with E-state index in [-0.39, 0.29) is 5.82 Å². The second kappa shape index (κ2) is 8.50. The molecule has 5 nitrogen and oxygen atoms in total. The molecule has 1 heterocycles. The Morgan fingerprint density at radius 1 is 1.10 bits per heavy atom. The maximum atomic E-state index is 13.4. The minimum absolute atomic E-state index is 0.325. The topological polar surface area (TPSA) is 70.9 Å². The molecular formula is C24H18FN3O2. The fourth-order valence-electron chi connectivity index (χ4n) is 3.06. The van der Waals surface area contributed by atoms with E-state index in [1.165, 1.54) is 12.1 Å². The summed E-state index contributed by atoms with van der Waals surface area (Å²) in [5, 5.41) is 9.63. The van der Waals surface area contributed by atoms with Crippen molar-refractivity contribution >= 4 is 22.7 Å². The molecule has 0 radical (unpaired) electrons. The fraction of sp³-hybridized carbons (Fsp3) is 0.0833. The number of rotatable bonds is 6. The van der Waals surface area contributed by atoms with Crippen LogP contribution in [0.2, 0.25) is 0 Å². The summed E-state index contributed by atoms with van der Waals surface area (Å²) in [6.07, 6.45) is 1.70. The number of nitrogens with zero attached hydrogens (tertiary/aromatic N) is 2. The van der Waals surface area contributed by atoms with Gasteiger partial charge < -0.3 is 14.5 Å². The monoisotopic (exact) mass is 399 g/mol. The van der Waals surface area contributed by atoms with Crippen molar-refractivity contribution in [1.29, 1.82) is 5.26 Å². The minimum Gasteiger partial charge on any atom is -0.493 e. The number of imidazole rings is 1. The van der Waals surface area contributed by atoms with Crippen molar-refractivity contribution in [1.82, 2.24) is 9.97 Å². The third-order valence-electron chi connectivity index (χ3n) is 4.56. The number of hydrogen-bond donors (Lipinski definition) is 1. The first-order valence-electron chi connectivity index (χ1n) is 9.28. The van der Waals surface area contributed by atoms with Crippen molar-refractivity contribution in [3.8, 4) is 17.6 Å². The predicted octanol–water partition coefficient (Wildman–Crippen LogP) is 5.35. The summed E-state index contributed by atoms with van der Waals surface area (Å²) in [6, 6.07) is 21.6. The number of nitrogens with one attached hydrogen (secondary N) is 1. The van der Waals surface area contributed by atoms with E-state index in [4.69, 9.17) is 9.47 Å². The Labute approximate surface area is 173 Å². The number of H-pyrrole nitrogens is 1. The third kappa shape index (κ3) is 4.15. The highest BCUT2D eigenvalue weighted by atomic mass is 19.1. The van der Waals surface area contributed by atoms with Gasteiger partial charge in [0.05, 0.1) is 23.7 Å². The van der Waals surface area contributed by atoms with Crippen LogP contribution in [0.5, 0.6) is 11.5 Å². The van der Waals surface area contributed by atoms with Crippen LogP contribution in [0.3, 0.4) is 0 Å². The summed E-state index contributed by atoms with van der Waals surface area (Å²) >= 11 is 0. The van der Waals surface area contributed by atoms with E-state index in [0.717, 1.165) is 11.1 Å². The van der Waals surface area contributed by atoms with Gasteiger partial charge in [-0.05, 0) is 47.5 Å². The van der Waals surface area contributed by atoms with E-state index in [0.29, 0.717) is 40.5 Å². The van der Waals surface area contributed by atoms with Crippen molar-refractivity contribution in [3.63, 3.8) is 0 Å². The number of halogens is 1. The van der Waals surface area contributed by atoms with Crippen LogP contribution >= 0.6 is 0 Å². The Morgan fingerprint density at radius 3 is 2.70 bits per heavy atom. The Hall–Kier alpha value is -4.11. The molecule has 4 aromatic rings. The fourth-order valence-corrected chi connectivity index (χ4v) is 3.06. The highest BCUT2D eigenvalue weighted by Crippen LogP contribution is 2.30. The van der Waals surface area contributed by atoms with E-state index < -0.39 is 0 Å². The molecule has 0 saturated heterocycles. The number of allylic oxidation sites excluding steroid dienone is 1. The molecule has 0 bridgehead atoms. The normalized spacial score (nSPS) is 11.3. The highest BCUT2D eigenvalue weighted by molar-refractivity contribution is 5.90. The number of fused-ring (bicyclic) bond motifs is 1. The second-order valence-electron chi connectivity index (χ2n) is 6.60. The second-order valence-corrected chi connectivity index (χ2v) is 6.60. The lowest BCUT2D eigenvalue weighted by Gasteiger charge is -2.11. The average Bonchev–Trinajstić information content (AvgIpc) is 3.19. The van der Waals surface area contributed by atoms with E-state index in [9.17, 15) is 9.65 Å². The van der Waals surface area contributed by atoms with Gasteiger partial charge >= 0.3 is 0 Å². The maximum absolute atomic E-state index is 13.4. The van der Waals surface area contributed by atoms with Crippen LogP contribution in [0.1, 0.15) is 17.0 Å². The van der Waals surface area contributed by atoms with Gasteiger partial charge in [-0.15, -0.1) is 0 Å². The van der Waals surface area contributed by atoms with Crippen LogP contribution in [-0.2, 0) is 6.61 Å². The van der Waals surface area contributed by atoms with Crippen LogP contribution in [0.25, 0.3) is 22.7 Å². The highest BCUT2D eigenvalue weighted by Gasteiger charge is 2.11. The van der Waals surface area contributed by atoms with Gasteiger partial charge in [0.1, 0.15) is 24.3 Å². The Bertz CT molecular complexity index is 1260. The molecule has 0 aliphatic carbocycles. The molecule has 0 fully saturated rings. The van der Waals surface area contributed by atoms with Gasteiger partial charge in [-0.2, -0.15) is 5.26 Å². The summed E-state index contributed by atoms with van der Waals surface area (Å²) in [6.45, 7) is 0.393. The molecule has 0 spiro atoms. The quantitative estimate of drug-likeness (QED) is 0.444. The van der Waals surface area contributed by atoms with E-state index in [1.54, 1.807) is 31.4 Å². The lowest BCUT2D eigenvalue weighted by molar-refractivity contribution is 0.284. The summed E-state index contributed by atoms with van der Waals surface area (Å²) in [7, 11) is 1.58. The van der Waals surface area contributed by atoms with Gasteiger partial charge in [0.2, 0.25) is 0 Å². The van der Waals surface area contributed by atoms with Gasteiger partial charge in [0.15, 0.2) is 11.5 Å². The first-order valence-corrected chi connectivity index (χ1v) is 9.28. The number of ether oxygens (including phenoxy) is 2. The van der Waals surface area contributed by atoms with Gasteiger partial charge in [0.25, 0.3) is 0 Å². The molecule has 1 aromatic heterocycles. The molecule has 4 rings (SSSR count). The molecule has 30 heavy (non-hydrogen) atoms. The molecule has 6 heteroatoms. The van der Waals surface area contributed by atoms with Crippen LogP contribution in [0.4, 0.5) is 4.39 Å². The SMILES string of the molecule is COc1ccc(/C=C(/C#N)c2nc3ccc(F)cc3[nH]2)cc1OCc1ccccc1. The van der Waals surface area contributed by atoms with Crippen molar-refractivity contribution < 1.29 is 13.9 Å². The molecule has 0 aliphatic rings. The Kier molecular flexibility index (Phi) is 5.44. The van der Waals surface area contributed by atoms with Gasteiger partial charge in [-0.25, -0.2) is 9.37 Å². The first kappa shape index (κ1) is 19.2. The van der Waals surface area contributed by atoms with Crippen LogP contribution in [-0.4, -0.2) is 17.1 Å². The molecule has 3 aromatic carbocycles. The zero-order chi connectivity index (χ0) is 20.9. The molecule has 0 aliphatic heterocycles. The molecule has 0 unspecified atom stereocenters. The Balaban J connectivity index is 1.64. The lowest BCUT2D eigenvalue weighted by Crippen LogP contribution is -1.98. The maximum Gasteiger partial charge on any atom is 0.162 e. The van der Waals surface area contributed by atoms with Crippen molar-refractivity contribution in [2.75, 3.05) is 7.11 Å². The van der Waals surface area contributed by atoms with Gasteiger partial charge in [0, 0.05) is 0 Å². The lowest BCUT2D eigenvalue weighted by atomic mass is 10.1. The molecule has 1 N–H and O–H groups in total. The Morgan fingerprint density at radius 2 is 1.93 bits per heavy atom. The van der Waals surface area contributed by atoms with Crippen molar-refractivity contribution in [2.24, 2.45) is 0 Å². The van der Waals surface area contributed by atoms with Gasteiger partial charge in [-0.1, -0.05) is 36.4 Å². The standard InChI is InChI=1S/C24H18FN3O2/c1-29-22-10-7-17(12-23(22)30-15-16-5-3-2-4-6-16)11-18(14-26)24-27-20-9-8-19(25)13-21(20)28-24/h2-13H,15H2,1H3,(H,27,28)/b18-11-. The zero-order valence-corrected chi connectivity index (χ0v) is 16.2. The molecule has 0 amide bonds. The zero-order valence-electron chi connectivity index (χ0n) is 16.2. The van der Waals surface area contributed by atoms with Crippen LogP contribution < -0.4 is 9.47 Å². The first-order chi connectivity index (χ1) is 14.7. The number of aromatic nitrogens is 2. The number of hydrogen-bond acceptors (Lipinski definition) is 4. The molecular weight excluding hydrogens is 381 g/mol. The van der Waals surface area contributed by atoms with Gasteiger partial charge in [-0.3, -0.25) is 0 Å². The van der Waals surface area contributed by atoms with Crippen LogP contribution in [0, 0.1) is 17.1 Å². The molecule has 148 valence electrons. The largest absolute Gasteiger partial charge is 0.493 e. The van der Waals surface area contributed by atoms with Crippen molar-refractivity contribution in [3.05, 3.63) is 89.5 Å². The van der Waals surface area contributed by atoms with E-state index >= 15 is 0 Å². The van der Waals surface area contributed by atoms with E-state index in [1.807, 2.05) is 36.4 Å². The average molecular weight is 399 g/mol. The van der Waals surface area contributed by atoms with Crippen LogP contribution in [0.15, 0.2) is 66.7 Å². The summed E-state index contributed by atoms with van der Waals surface area (Å²) < 4.78 is 24.8. The van der Waals surface area contributed by atoms with Crippen molar-refractivity contribution in [2.45, 2.75) is 6.61 Å². The molecule has 0 saturated carbocycles.